The van der Waals surface area contributed by atoms with Crippen LogP contribution in [0.15, 0.2) is 79.0 Å². The van der Waals surface area contributed by atoms with Crippen LogP contribution in [0, 0.1) is 0 Å². The molecule has 1 aromatic heterocycles. The number of nitrogens with one attached hydrogen (secondary N) is 2. The lowest BCUT2D eigenvalue weighted by Gasteiger charge is -2.21. The van der Waals surface area contributed by atoms with Crippen molar-refractivity contribution < 1.29 is 4.74 Å². The first-order valence-corrected chi connectivity index (χ1v) is 11.4. The number of rotatable bonds is 6. The van der Waals surface area contributed by atoms with Crippen molar-refractivity contribution >= 4 is 28.1 Å². The summed E-state index contributed by atoms with van der Waals surface area (Å²) >= 11 is 5.75. The van der Waals surface area contributed by atoms with Crippen molar-refractivity contribution in [1.29, 1.82) is 0 Å². The van der Waals surface area contributed by atoms with Crippen LogP contribution in [0.2, 0.25) is 0 Å². The van der Waals surface area contributed by atoms with Crippen molar-refractivity contribution in [2.24, 2.45) is 0 Å². The summed E-state index contributed by atoms with van der Waals surface area (Å²) in [6, 6.07) is 25.3. The number of fused-ring (bicyclic) bond motifs is 1. The minimum Gasteiger partial charge on any atom is -0.497 e. The fourth-order valence-electron chi connectivity index (χ4n) is 4.04. The van der Waals surface area contributed by atoms with Gasteiger partial charge in [-0.25, -0.2) is 0 Å². The molecule has 32 heavy (non-hydrogen) atoms. The van der Waals surface area contributed by atoms with Crippen molar-refractivity contribution in [1.82, 2.24) is 10.3 Å². The molecular formula is C28H30N2OS. The second-order valence-corrected chi connectivity index (χ2v) is 9.56. The van der Waals surface area contributed by atoms with E-state index in [9.17, 15) is 0 Å². The van der Waals surface area contributed by atoms with E-state index in [-0.39, 0.29) is 11.3 Å². The van der Waals surface area contributed by atoms with Gasteiger partial charge in [-0.05, 0) is 40.3 Å². The Labute approximate surface area is 195 Å². The van der Waals surface area contributed by atoms with Crippen LogP contribution >= 0.6 is 12.2 Å². The molecule has 4 aromatic rings. The number of H-pyrrole nitrogens is 1. The largest absolute Gasteiger partial charge is 0.497 e. The molecular weight excluding hydrogens is 412 g/mol. The van der Waals surface area contributed by atoms with Gasteiger partial charge in [-0.2, -0.15) is 0 Å². The monoisotopic (exact) mass is 442 g/mol. The lowest BCUT2D eigenvalue weighted by Crippen LogP contribution is -2.28. The van der Waals surface area contributed by atoms with Crippen LogP contribution in [0.3, 0.4) is 0 Å². The van der Waals surface area contributed by atoms with E-state index in [1.807, 2.05) is 12.1 Å². The molecule has 3 nitrogen and oxygen atoms in total. The summed E-state index contributed by atoms with van der Waals surface area (Å²) < 4.78 is 5.36. The normalized spacial score (nSPS) is 12.5. The molecule has 0 bridgehead atoms. The molecule has 0 saturated heterocycles. The fourth-order valence-corrected chi connectivity index (χ4v) is 4.26. The van der Waals surface area contributed by atoms with Crippen LogP contribution < -0.4 is 10.1 Å². The summed E-state index contributed by atoms with van der Waals surface area (Å²) in [7, 11) is 1.69. The number of thiocarbonyl (C=S) groups is 1. The molecule has 0 aliphatic heterocycles. The summed E-state index contributed by atoms with van der Waals surface area (Å²) in [5, 5.41) is 4.76. The minimum atomic E-state index is 0.127. The summed E-state index contributed by atoms with van der Waals surface area (Å²) in [5.41, 5.74) is 6.08. The Morgan fingerprint density at radius 3 is 2.31 bits per heavy atom. The van der Waals surface area contributed by atoms with E-state index < -0.39 is 0 Å². The van der Waals surface area contributed by atoms with Gasteiger partial charge >= 0.3 is 0 Å². The zero-order chi connectivity index (χ0) is 22.7. The van der Waals surface area contributed by atoms with Crippen molar-refractivity contribution in [2.75, 3.05) is 13.7 Å². The molecule has 164 valence electrons. The van der Waals surface area contributed by atoms with Crippen molar-refractivity contribution in [3.63, 3.8) is 0 Å². The highest BCUT2D eigenvalue weighted by Crippen LogP contribution is 2.31. The lowest BCUT2D eigenvalue weighted by molar-refractivity contribution is 0.414. The van der Waals surface area contributed by atoms with Gasteiger partial charge in [-0.3, -0.25) is 0 Å². The average molecular weight is 443 g/mol. The zero-order valence-corrected chi connectivity index (χ0v) is 19.9. The summed E-state index contributed by atoms with van der Waals surface area (Å²) in [6.45, 7) is 7.37. The van der Waals surface area contributed by atoms with Crippen LogP contribution in [0.4, 0.5) is 0 Å². The molecule has 0 aliphatic rings. The van der Waals surface area contributed by atoms with Crippen LogP contribution in [-0.4, -0.2) is 23.6 Å². The van der Waals surface area contributed by atoms with E-state index in [0.717, 1.165) is 21.8 Å². The highest BCUT2D eigenvalue weighted by molar-refractivity contribution is 7.80. The van der Waals surface area contributed by atoms with E-state index in [1.54, 1.807) is 7.11 Å². The molecule has 0 radical (unpaired) electrons. The van der Waals surface area contributed by atoms with Gasteiger partial charge < -0.3 is 15.0 Å². The number of aromatic amines is 1. The quantitative estimate of drug-likeness (QED) is 0.332. The smallest absolute Gasteiger partial charge is 0.118 e. The van der Waals surface area contributed by atoms with Gasteiger partial charge in [-0.15, -0.1) is 0 Å². The Hall–Kier alpha value is -3.11. The zero-order valence-electron chi connectivity index (χ0n) is 19.1. The molecule has 4 heteroatoms. The van der Waals surface area contributed by atoms with Crippen molar-refractivity contribution in [3.8, 4) is 5.75 Å². The maximum absolute atomic E-state index is 5.75. The highest BCUT2D eigenvalue weighted by atomic mass is 32.1. The molecule has 2 N–H and O–H groups in total. The van der Waals surface area contributed by atoms with Gasteiger partial charge in [0, 0.05) is 35.1 Å². The number of para-hydroxylation sites is 1. The molecule has 3 aromatic carbocycles. The third kappa shape index (κ3) is 4.71. The Balaban J connectivity index is 1.60. The first-order valence-electron chi connectivity index (χ1n) is 11.0. The molecule has 4 rings (SSSR count). The second-order valence-electron chi connectivity index (χ2n) is 9.15. The van der Waals surface area contributed by atoms with Crippen LogP contribution in [0.1, 0.15) is 48.9 Å². The number of methoxy groups -OCH3 is 1. The lowest BCUT2D eigenvalue weighted by atomic mass is 9.86. The molecule has 0 saturated carbocycles. The minimum absolute atomic E-state index is 0.127. The van der Waals surface area contributed by atoms with E-state index in [1.165, 1.54) is 22.1 Å². The Bertz CT molecular complexity index is 1200. The molecule has 0 fully saturated rings. The summed E-state index contributed by atoms with van der Waals surface area (Å²) in [5.74, 6) is 0.998. The van der Waals surface area contributed by atoms with E-state index >= 15 is 0 Å². The topological polar surface area (TPSA) is 37.0 Å². The van der Waals surface area contributed by atoms with Gasteiger partial charge in [0.25, 0.3) is 0 Å². The van der Waals surface area contributed by atoms with Crippen LogP contribution in [0.5, 0.6) is 5.75 Å². The first-order chi connectivity index (χ1) is 15.4. The standard InChI is InChI=1S/C28H30N2OS/c1-28(2,3)21-13-9-20(10-14-21)27(32)30-17-24(19-11-15-22(31-4)16-12-19)25-18-29-26-8-6-5-7-23(25)26/h5-16,18,24,29H,17H2,1-4H3,(H,30,32)/t24-/m1/s1. The van der Waals surface area contributed by atoms with E-state index in [2.05, 4.69) is 97.9 Å². The molecule has 1 atom stereocenters. The summed E-state index contributed by atoms with van der Waals surface area (Å²) in [6.07, 6.45) is 2.11. The molecule has 0 aliphatic carbocycles. The average Bonchev–Trinajstić information content (AvgIpc) is 3.23. The molecule has 0 amide bonds. The Morgan fingerprint density at radius 1 is 0.969 bits per heavy atom. The Kier molecular flexibility index (Phi) is 6.33. The predicted molar refractivity (Wildman–Crippen MR) is 138 cm³/mol. The van der Waals surface area contributed by atoms with E-state index in [4.69, 9.17) is 17.0 Å². The number of hydrogen-bond acceptors (Lipinski definition) is 2. The molecule has 1 heterocycles. The molecule has 0 unspecified atom stereocenters. The highest BCUT2D eigenvalue weighted by Gasteiger charge is 2.19. The second kappa shape index (κ2) is 9.17. The van der Waals surface area contributed by atoms with Crippen LogP contribution in [0.25, 0.3) is 10.9 Å². The SMILES string of the molecule is COc1ccc([C@@H](CNC(=S)c2ccc(C(C)(C)C)cc2)c2c[nH]c3ccccc23)cc1. The van der Waals surface area contributed by atoms with E-state index in [0.29, 0.717) is 6.54 Å². The van der Waals surface area contributed by atoms with Gasteiger partial charge in [0.15, 0.2) is 0 Å². The third-order valence-corrected chi connectivity index (χ3v) is 6.37. The maximum atomic E-state index is 5.75. The maximum Gasteiger partial charge on any atom is 0.118 e. The van der Waals surface area contributed by atoms with Crippen LogP contribution in [-0.2, 0) is 5.41 Å². The number of hydrogen-bond donors (Lipinski definition) is 2. The number of ether oxygens (including phenoxy) is 1. The predicted octanol–water partition coefficient (Wildman–Crippen LogP) is 6.57. The number of benzene rings is 3. The van der Waals surface area contributed by atoms with Gasteiger partial charge in [-0.1, -0.05) is 87.6 Å². The third-order valence-electron chi connectivity index (χ3n) is 5.99. The summed E-state index contributed by atoms with van der Waals surface area (Å²) in [4.78, 5) is 4.18. The number of aromatic nitrogens is 1. The molecule has 0 spiro atoms. The van der Waals surface area contributed by atoms with Gasteiger partial charge in [0.05, 0.1) is 7.11 Å². The van der Waals surface area contributed by atoms with Crippen molar-refractivity contribution in [2.45, 2.75) is 32.1 Å². The van der Waals surface area contributed by atoms with Gasteiger partial charge in [0.1, 0.15) is 10.7 Å². The van der Waals surface area contributed by atoms with Gasteiger partial charge in [0.2, 0.25) is 0 Å². The van der Waals surface area contributed by atoms with Crippen molar-refractivity contribution in [3.05, 3.63) is 101 Å². The first kappa shape index (κ1) is 22.1. The Morgan fingerprint density at radius 2 is 1.66 bits per heavy atom. The fraction of sp³-hybridized carbons (Fsp3) is 0.250.